The summed E-state index contributed by atoms with van der Waals surface area (Å²) < 4.78 is 406. The number of rotatable bonds is 7. The van der Waals surface area contributed by atoms with Crippen molar-refractivity contribution < 1.29 is 119 Å². The highest BCUT2D eigenvalue weighted by Gasteiger charge is 2.51. The van der Waals surface area contributed by atoms with Crippen LogP contribution >= 0.6 is 22.7 Å². The summed E-state index contributed by atoms with van der Waals surface area (Å²) >= 11 is -0.899. The molecule has 0 radical (unpaired) electrons. The zero-order valence-corrected chi connectivity index (χ0v) is 35.6. The van der Waals surface area contributed by atoms with Crippen LogP contribution in [0, 0.1) is 129 Å². The van der Waals surface area contributed by atoms with Crippen LogP contribution in [0.1, 0.15) is 16.7 Å². The van der Waals surface area contributed by atoms with Crippen molar-refractivity contribution in [1.29, 1.82) is 0 Å². The molecule has 0 aliphatic carbocycles. The molecular weight excluding hydrogens is 1130 g/mol. The zero-order valence-electron chi connectivity index (χ0n) is 34.0. The van der Waals surface area contributed by atoms with Crippen molar-refractivity contribution in [2.24, 2.45) is 0 Å². The summed E-state index contributed by atoms with van der Waals surface area (Å²) in [6.07, 6.45) is -13.4. The van der Waals surface area contributed by atoms with Gasteiger partial charge in [0, 0.05) is 16.3 Å². The first kappa shape index (κ1) is 53.1. The van der Waals surface area contributed by atoms with E-state index < -0.39 is 238 Å². The fourth-order valence-corrected chi connectivity index (χ4v) is 8.87. The van der Waals surface area contributed by atoms with Gasteiger partial charge in [0.05, 0.1) is 21.5 Å². The van der Waals surface area contributed by atoms with E-state index in [1.54, 1.807) is 0 Å². The number of thiazole rings is 2. The van der Waals surface area contributed by atoms with Gasteiger partial charge in [-0.2, -0.15) is 26.3 Å². The lowest BCUT2D eigenvalue weighted by atomic mass is 10.0. The Labute approximate surface area is 395 Å². The minimum absolute atomic E-state index is 0.249. The van der Waals surface area contributed by atoms with Crippen LogP contribution in [0.2, 0.25) is 0 Å². The molecule has 0 N–H and O–H groups in total. The fourth-order valence-electron chi connectivity index (χ4n) is 7.21. The molecule has 74 heavy (non-hydrogen) atoms. The highest BCUT2D eigenvalue weighted by atomic mass is 32.1. The van der Waals surface area contributed by atoms with Crippen molar-refractivity contribution in [2.45, 2.75) is 19.3 Å². The van der Waals surface area contributed by atoms with E-state index >= 15 is 52.7 Å². The first-order valence-electron chi connectivity index (χ1n) is 18.5. The molecule has 0 atom stereocenters. The minimum atomic E-state index is -6.75. The Morgan fingerprint density at radius 3 is 0.959 bits per heavy atom. The molecule has 0 bridgehead atoms. The molecule has 0 saturated heterocycles. The second-order valence-electron chi connectivity index (χ2n) is 14.6. The van der Waals surface area contributed by atoms with Gasteiger partial charge in [0.2, 0.25) is 0 Å². The van der Waals surface area contributed by atoms with E-state index in [1.165, 1.54) is 0 Å². The average Bonchev–Trinajstić information content (AvgIpc) is 4.02. The van der Waals surface area contributed by atoms with Crippen LogP contribution in [0.25, 0.3) is 32.9 Å². The fraction of sp³-hybridized carbons (Fsp3) is 0.0732. The first-order valence-corrected chi connectivity index (χ1v) is 20.3. The van der Waals surface area contributed by atoms with Crippen molar-refractivity contribution in [3.05, 3.63) is 150 Å². The number of benzene rings is 6. The predicted molar refractivity (Wildman–Crippen MR) is 201 cm³/mol. The lowest BCUT2D eigenvalue weighted by Crippen LogP contribution is -2.26. The second-order valence-corrected chi connectivity index (χ2v) is 16.2. The van der Waals surface area contributed by atoms with E-state index in [1.807, 2.05) is 0 Å². The van der Waals surface area contributed by atoms with Gasteiger partial charge in [0.15, 0.2) is 132 Å². The van der Waals surface area contributed by atoms with Crippen LogP contribution in [0.4, 0.5) is 152 Å². The molecule has 6 aromatic carbocycles. The van der Waals surface area contributed by atoms with E-state index in [-0.39, 0.29) is 16.7 Å². The maximum absolute atomic E-state index is 16.5. The summed E-state index contributed by atoms with van der Waals surface area (Å²) in [7, 11) is 0. The number of hydrogen-bond donors (Lipinski definition) is 0. The van der Waals surface area contributed by atoms with Gasteiger partial charge < -0.3 is 0 Å². The smallest absolute Gasteiger partial charge is 0.277 e. The van der Waals surface area contributed by atoms with Gasteiger partial charge in [-0.1, -0.05) is 0 Å². The van der Waals surface area contributed by atoms with E-state index in [0.29, 0.717) is 12.3 Å². The Hall–Kier alpha value is -7.19. The van der Waals surface area contributed by atoms with Gasteiger partial charge in [0.1, 0.15) is 45.3 Å². The van der Waals surface area contributed by atoms with Crippen LogP contribution in [-0.2, 0) is 12.4 Å². The number of alkyl halides is 6. The number of fused-ring (bicyclic) bond motifs is 2. The number of nitrogens with zero attached hydrogens (tertiary/aromatic N) is 4. The molecule has 0 unspecified atom stereocenters. The number of halogens is 27. The minimum Gasteiger partial charge on any atom is -0.277 e. The van der Waals surface area contributed by atoms with Crippen LogP contribution in [0.5, 0.6) is 0 Å². The quantitative estimate of drug-likeness (QED) is 0.0904. The van der Waals surface area contributed by atoms with Crippen LogP contribution in [0.3, 0.4) is 0 Å². The number of hydrogen-bond acceptors (Lipinski definition) is 6. The lowest BCUT2D eigenvalue weighted by Gasteiger charge is -2.29. The van der Waals surface area contributed by atoms with E-state index in [0.717, 1.165) is 0 Å². The molecule has 0 fully saturated rings. The highest BCUT2D eigenvalue weighted by molar-refractivity contribution is 7.15. The Balaban J connectivity index is 1.46. The van der Waals surface area contributed by atoms with Gasteiger partial charge in [-0.25, -0.2) is 102 Å². The maximum Gasteiger partial charge on any atom is 0.422 e. The SMILES string of the molecule is Cc1c(F)c(F)c(F)c(N(c2nc(-c3csc(N(c4c(F)c(C(F)(F)F)c(F)c(F)c4C(F)(F)F)c4c(F)c(F)c5c(F)c(F)c(F)c(F)c5c4F)n3)cs2)c2c(F)c(F)c3c(F)c(F)c(F)c(F)c3c2F)c1F. The summed E-state index contributed by atoms with van der Waals surface area (Å²) in [5.41, 5.74) is -22.3. The molecule has 4 nitrogen and oxygen atoms in total. The predicted octanol–water partition coefficient (Wildman–Crippen LogP) is 16.8. The number of aromatic nitrogens is 2. The van der Waals surface area contributed by atoms with Crippen molar-refractivity contribution in [1.82, 2.24) is 9.97 Å². The molecular formula is C41H5F27N4S2. The molecule has 0 spiro atoms. The van der Waals surface area contributed by atoms with Crippen LogP contribution < -0.4 is 9.80 Å². The molecule has 390 valence electrons. The van der Waals surface area contributed by atoms with Crippen LogP contribution in [-0.4, -0.2) is 9.97 Å². The first-order chi connectivity index (χ1) is 34.2. The number of anilines is 6. The van der Waals surface area contributed by atoms with Gasteiger partial charge in [-0.15, -0.1) is 22.7 Å². The van der Waals surface area contributed by atoms with E-state index in [4.69, 9.17) is 0 Å². The van der Waals surface area contributed by atoms with Crippen molar-refractivity contribution in [3.8, 4) is 11.4 Å². The Kier molecular flexibility index (Phi) is 12.7. The Bertz CT molecular complexity index is 3740. The van der Waals surface area contributed by atoms with Gasteiger partial charge in [0.25, 0.3) is 0 Å². The summed E-state index contributed by atoms with van der Waals surface area (Å²) in [4.78, 5) is 4.81. The molecule has 8 aromatic rings. The molecule has 8 rings (SSSR count). The molecule has 0 aliphatic heterocycles. The summed E-state index contributed by atoms with van der Waals surface area (Å²) in [5.74, 6) is -63.7. The highest BCUT2D eigenvalue weighted by Crippen LogP contribution is 2.54. The topological polar surface area (TPSA) is 32.3 Å². The van der Waals surface area contributed by atoms with Crippen molar-refractivity contribution in [2.75, 3.05) is 9.80 Å². The van der Waals surface area contributed by atoms with E-state index in [9.17, 15) is 65.9 Å². The van der Waals surface area contributed by atoms with Crippen molar-refractivity contribution in [3.63, 3.8) is 0 Å². The third kappa shape index (κ3) is 7.56. The lowest BCUT2D eigenvalue weighted by molar-refractivity contribution is -0.147. The molecule has 0 amide bonds. The van der Waals surface area contributed by atoms with Crippen molar-refractivity contribution >= 4 is 77.2 Å². The van der Waals surface area contributed by atoms with Gasteiger partial charge in [-0.3, -0.25) is 9.80 Å². The Morgan fingerprint density at radius 1 is 0.311 bits per heavy atom. The Morgan fingerprint density at radius 2 is 0.595 bits per heavy atom. The summed E-state index contributed by atoms with van der Waals surface area (Å²) in [5, 5.41) is -12.9. The van der Waals surface area contributed by atoms with Crippen LogP contribution in [0.15, 0.2) is 10.8 Å². The third-order valence-corrected chi connectivity index (χ3v) is 12.1. The molecule has 2 heterocycles. The maximum atomic E-state index is 16.5. The zero-order chi connectivity index (χ0) is 55.2. The van der Waals surface area contributed by atoms with E-state index in [2.05, 4.69) is 9.97 Å². The monoisotopic (exact) mass is 1130 g/mol. The molecule has 2 aromatic heterocycles. The average molecular weight is 1130 g/mol. The van der Waals surface area contributed by atoms with Gasteiger partial charge >= 0.3 is 12.4 Å². The summed E-state index contributed by atoms with van der Waals surface area (Å²) in [6, 6.07) is 0. The molecule has 0 saturated carbocycles. The largest absolute Gasteiger partial charge is 0.422 e. The normalized spacial score (nSPS) is 12.3. The van der Waals surface area contributed by atoms with Gasteiger partial charge in [-0.05, 0) is 6.92 Å². The standard InChI is InChI=1S/C41H5F27N4S2/c1-4-13(42)26(55)33(62)35(14(4)43)72(37-22(51)10-8(20(49)32(37)61)16(45)28(57)30(59)18(10)47)39-70-6(3-74-39)5-2-73-38(69-5)71(34-12(41(66,67)68)24(53)23(52)11(25(34)54)40(63,64)65)36-21(50)9-7(19(48)31(36)60)15(44)27(56)29(58)17(9)46/h2-3H,1H3. The summed E-state index contributed by atoms with van der Waals surface area (Å²) in [6.45, 7) is 0.315. The second kappa shape index (κ2) is 17.7. The molecule has 0 aliphatic rings. The third-order valence-electron chi connectivity index (χ3n) is 10.5. The molecule has 33 heteroatoms.